The van der Waals surface area contributed by atoms with Gasteiger partial charge in [-0.25, -0.2) is 26.3 Å². The minimum Gasteiger partial charge on any atom is -0.232 e. The van der Waals surface area contributed by atoms with Gasteiger partial charge < -0.3 is 0 Å². The lowest BCUT2D eigenvalue weighted by Gasteiger charge is -2.10. The number of nitrogens with zero attached hydrogens (tertiary/aromatic N) is 2. The van der Waals surface area contributed by atoms with E-state index >= 15 is 0 Å². The summed E-state index contributed by atoms with van der Waals surface area (Å²) in [7, 11) is -4.24. The number of hydrogen-bond donors (Lipinski definition) is 0. The Balaban J connectivity index is 2.27. The van der Waals surface area contributed by atoms with E-state index < -0.39 is 44.1 Å². The molecule has 11 heteroatoms. The number of hydrogen-bond acceptors (Lipinski definition) is 3. The summed E-state index contributed by atoms with van der Waals surface area (Å²) >= 11 is 0. The molecule has 0 aliphatic heterocycles. The molecule has 0 bridgehead atoms. The molecule has 0 amide bonds. The van der Waals surface area contributed by atoms with Gasteiger partial charge >= 0.3 is 6.18 Å². The second-order valence-corrected chi connectivity index (χ2v) is 7.79. The smallest absolute Gasteiger partial charge is 0.232 e. The second-order valence-electron chi connectivity index (χ2n) is 5.84. The molecule has 0 fully saturated rings. The quantitative estimate of drug-likeness (QED) is 0.591. The topological polar surface area (TPSA) is 52.0 Å². The van der Waals surface area contributed by atoms with Crippen molar-refractivity contribution in [2.24, 2.45) is 0 Å². The Hall–Kier alpha value is -2.82. The molecule has 0 unspecified atom stereocenters. The minimum atomic E-state index is -4.86. The first-order valence-electron chi connectivity index (χ1n) is 7.50. The summed E-state index contributed by atoms with van der Waals surface area (Å²) in [6.07, 6.45) is -4.26. The summed E-state index contributed by atoms with van der Waals surface area (Å²) in [5.41, 5.74) is -2.09. The van der Waals surface area contributed by atoms with Crippen LogP contribution in [0.3, 0.4) is 0 Å². The molecule has 148 valence electrons. The zero-order valence-corrected chi connectivity index (χ0v) is 14.7. The highest BCUT2D eigenvalue weighted by atomic mass is 32.2. The van der Waals surface area contributed by atoms with Crippen molar-refractivity contribution < 1.29 is 34.8 Å². The van der Waals surface area contributed by atoms with Crippen molar-refractivity contribution in [3.8, 4) is 16.9 Å². The highest BCUT2D eigenvalue weighted by molar-refractivity contribution is 7.90. The van der Waals surface area contributed by atoms with E-state index in [0.717, 1.165) is 28.9 Å². The van der Waals surface area contributed by atoms with Crippen LogP contribution < -0.4 is 0 Å². The molecule has 3 rings (SSSR count). The number of rotatable bonds is 3. The Kier molecular flexibility index (Phi) is 4.74. The summed E-state index contributed by atoms with van der Waals surface area (Å²) in [4.78, 5) is -1.19. The van der Waals surface area contributed by atoms with Crippen molar-refractivity contribution in [2.75, 3.05) is 6.26 Å². The van der Waals surface area contributed by atoms with Crippen LogP contribution in [0.1, 0.15) is 5.69 Å². The molecule has 0 radical (unpaired) electrons. The largest absolute Gasteiger partial charge is 0.435 e. The average Bonchev–Trinajstić information content (AvgIpc) is 2.99. The lowest BCUT2D eigenvalue weighted by Crippen LogP contribution is -2.07. The van der Waals surface area contributed by atoms with Crippen LogP contribution in [-0.2, 0) is 16.0 Å². The maximum atomic E-state index is 14.2. The number of halogens is 6. The standard InChI is InChI=1S/C17H10F6N2O2S/c1-28(26,27)16-12(19)6-9(7-13(16)20)14-8-15(17(21,22)23)24-25(14)11-4-2-10(18)3-5-11/h2-8H,1H3. The van der Waals surface area contributed by atoms with Crippen LogP contribution in [0, 0.1) is 17.5 Å². The number of sulfone groups is 1. The van der Waals surface area contributed by atoms with Crippen molar-refractivity contribution in [3.05, 3.63) is 65.6 Å². The zero-order chi connectivity index (χ0) is 20.9. The fraction of sp³-hybridized carbons (Fsp3) is 0.118. The Bertz CT molecular complexity index is 1130. The molecule has 3 aromatic rings. The first kappa shape index (κ1) is 19.9. The summed E-state index contributed by atoms with van der Waals surface area (Å²) in [5.74, 6) is -3.57. The van der Waals surface area contributed by atoms with Gasteiger partial charge in [0.25, 0.3) is 0 Å². The van der Waals surface area contributed by atoms with E-state index in [1.807, 2.05) is 0 Å². The molecule has 0 saturated heterocycles. The van der Waals surface area contributed by atoms with Gasteiger partial charge in [-0.05, 0) is 42.5 Å². The lowest BCUT2D eigenvalue weighted by atomic mass is 10.1. The molecule has 2 aromatic carbocycles. The Morgan fingerprint density at radius 2 is 1.46 bits per heavy atom. The first-order chi connectivity index (χ1) is 12.9. The maximum absolute atomic E-state index is 14.2. The van der Waals surface area contributed by atoms with Gasteiger partial charge in [-0.15, -0.1) is 0 Å². The third-order valence-corrected chi connectivity index (χ3v) is 4.87. The van der Waals surface area contributed by atoms with Crippen molar-refractivity contribution in [3.63, 3.8) is 0 Å². The van der Waals surface area contributed by atoms with Gasteiger partial charge in [0.15, 0.2) is 15.5 Å². The summed E-state index contributed by atoms with van der Waals surface area (Å²) in [6.45, 7) is 0. The van der Waals surface area contributed by atoms with Gasteiger partial charge in [0.05, 0.1) is 11.4 Å². The van der Waals surface area contributed by atoms with Crippen molar-refractivity contribution >= 4 is 9.84 Å². The van der Waals surface area contributed by atoms with Gasteiger partial charge in [0, 0.05) is 11.8 Å². The van der Waals surface area contributed by atoms with Gasteiger partial charge in [-0.1, -0.05) is 0 Å². The van der Waals surface area contributed by atoms with Gasteiger partial charge in [0.1, 0.15) is 22.3 Å². The molecule has 0 N–H and O–H groups in total. The highest BCUT2D eigenvalue weighted by Gasteiger charge is 2.35. The van der Waals surface area contributed by atoms with E-state index in [0.29, 0.717) is 24.5 Å². The second kappa shape index (κ2) is 6.66. The van der Waals surface area contributed by atoms with Crippen LogP contribution in [-0.4, -0.2) is 24.5 Å². The Morgan fingerprint density at radius 1 is 0.929 bits per heavy atom. The molecule has 0 spiro atoms. The van der Waals surface area contributed by atoms with Gasteiger partial charge in [0.2, 0.25) is 0 Å². The van der Waals surface area contributed by atoms with E-state index in [4.69, 9.17) is 0 Å². The molecule has 4 nitrogen and oxygen atoms in total. The number of alkyl halides is 3. The van der Waals surface area contributed by atoms with Crippen LogP contribution in [0.25, 0.3) is 16.9 Å². The van der Waals surface area contributed by atoms with Gasteiger partial charge in [-0.3, -0.25) is 0 Å². The molecule has 1 aromatic heterocycles. The third-order valence-electron chi connectivity index (χ3n) is 3.74. The van der Waals surface area contributed by atoms with Crippen LogP contribution >= 0.6 is 0 Å². The highest BCUT2D eigenvalue weighted by Crippen LogP contribution is 2.34. The molecular formula is C17H10F6N2O2S. The lowest BCUT2D eigenvalue weighted by molar-refractivity contribution is -0.141. The Morgan fingerprint density at radius 3 is 1.93 bits per heavy atom. The molecule has 0 atom stereocenters. The fourth-order valence-corrected chi connectivity index (χ4v) is 3.39. The predicted molar refractivity (Wildman–Crippen MR) is 87.0 cm³/mol. The van der Waals surface area contributed by atoms with E-state index in [1.54, 1.807) is 0 Å². The molecule has 0 aliphatic rings. The average molecular weight is 420 g/mol. The van der Waals surface area contributed by atoms with Crippen LogP contribution in [0.2, 0.25) is 0 Å². The van der Waals surface area contributed by atoms with E-state index in [1.165, 1.54) is 0 Å². The molecule has 28 heavy (non-hydrogen) atoms. The van der Waals surface area contributed by atoms with Gasteiger partial charge in [-0.2, -0.15) is 18.3 Å². The van der Waals surface area contributed by atoms with Crippen molar-refractivity contribution in [2.45, 2.75) is 11.1 Å². The molecular weight excluding hydrogens is 410 g/mol. The van der Waals surface area contributed by atoms with Crippen LogP contribution in [0.4, 0.5) is 26.3 Å². The predicted octanol–water partition coefficient (Wildman–Crippen LogP) is 4.38. The fourth-order valence-electron chi connectivity index (χ4n) is 2.57. The third kappa shape index (κ3) is 3.75. The Labute approximate surface area is 155 Å². The van der Waals surface area contributed by atoms with E-state index in [-0.39, 0.29) is 16.9 Å². The van der Waals surface area contributed by atoms with E-state index in [9.17, 15) is 34.8 Å². The van der Waals surface area contributed by atoms with E-state index in [2.05, 4.69) is 5.10 Å². The zero-order valence-electron chi connectivity index (χ0n) is 13.9. The first-order valence-corrected chi connectivity index (χ1v) is 9.40. The molecule has 0 saturated carbocycles. The minimum absolute atomic E-state index is 0.0000871. The molecule has 0 aliphatic carbocycles. The van der Waals surface area contributed by atoms with Crippen LogP contribution in [0.15, 0.2) is 47.4 Å². The summed E-state index contributed by atoms with van der Waals surface area (Å²) < 4.78 is 105. The SMILES string of the molecule is CS(=O)(=O)c1c(F)cc(-c2cc(C(F)(F)F)nn2-c2ccc(F)cc2)cc1F. The maximum Gasteiger partial charge on any atom is 0.435 e. The van der Waals surface area contributed by atoms with Crippen LogP contribution in [0.5, 0.6) is 0 Å². The van der Waals surface area contributed by atoms with Crippen molar-refractivity contribution in [1.82, 2.24) is 9.78 Å². The number of benzene rings is 2. The number of aromatic nitrogens is 2. The summed E-state index contributed by atoms with van der Waals surface area (Å²) in [5, 5.41) is 3.39. The monoisotopic (exact) mass is 420 g/mol. The normalized spacial score (nSPS) is 12.4. The van der Waals surface area contributed by atoms with Crippen molar-refractivity contribution in [1.29, 1.82) is 0 Å². The summed E-state index contributed by atoms with van der Waals surface area (Å²) in [6, 6.07) is 5.95. The molecule has 1 heterocycles.